The van der Waals surface area contributed by atoms with E-state index in [1.807, 2.05) is 31.4 Å². The van der Waals surface area contributed by atoms with E-state index in [-0.39, 0.29) is 6.61 Å². The fraction of sp³-hybridized carbons (Fsp3) is 0.625. The minimum atomic E-state index is -1.19. The van der Waals surface area contributed by atoms with Crippen LogP contribution in [0.3, 0.4) is 0 Å². The van der Waals surface area contributed by atoms with Crippen molar-refractivity contribution in [2.24, 2.45) is 0 Å². The number of alkyl carbamates (subject to hydrolysis) is 1. The smallest absolute Gasteiger partial charge is 0.407 e. The van der Waals surface area contributed by atoms with Crippen molar-refractivity contribution in [3.05, 3.63) is 18.2 Å². The molecule has 0 aliphatic heterocycles. The van der Waals surface area contributed by atoms with Crippen molar-refractivity contribution in [1.82, 2.24) is 14.9 Å². The first kappa shape index (κ1) is 29.0. The fourth-order valence-electron chi connectivity index (χ4n) is 2.90. The molecule has 0 aliphatic carbocycles. The molecule has 2 N–H and O–H groups in total. The van der Waals surface area contributed by atoms with Crippen molar-refractivity contribution in [3.63, 3.8) is 0 Å². The molecule has 0 aliphatic rings. The van der Waals surface area contributed by atoms with Crippen LogP contribution in [0.1, 0.15) is 27.2 Å². The Morgan fingerprint density at radius 3 is 2.74 bits per heavy atom. The predicted molar refractivity (Wildman–Crippen MR) is 141 cm³/mol. The first-order valence-corrected chi connectivity index (χ1v) is 16.5. The van der Waals surface area contributed by atoms with Gasteiger partial charge in [0.1, 0.15) is 24.7 Å². The number of amides is 1. The second-order valence-electron chi connectivity index (χ2n) is 10.4. The van der Waals surface area contributed by atoms with Crippen LogP contribution in [0, 0.1) is 11.3 Å². The summed E-state index contributed by atoms with van der Waals surface area (Å²) in [6.45, 7) is 14.0. The summed E-state index contributed by atoms with van der Waals surface area (Å²) in [4.78, 5) is 16.6. The second-order valence-corrected chi connectivity index (χ2v) is 17.1. The molecule has 0 saturated heterocycles. The number of fused-ring (bicyclic) bond motifs is 1. The maximum absolute atomic E-state index is 11.8. The Balaban J connectivity index is 2.04. The number of aliphatic hydroxyl groups is 1. The van der Waals surface area contributed by atoms with Gasteiger partial charge in [0, 0.05) is 33.0 Å². The minimum absolute atomic E-state index is 0.102. The average molecular weight is 523 g/mol. The number of hydrogen-bond acceptors (Lipinski definition) is 8. The zero-order valence-corrected chi connectivity index (χ0v) is 23.4. The number of hydrogen-bond donors (Lipinski definition) is 2. The van der Waals surface area contributed by atoms with E-state index in [2.05, 4.69) is 25.0 Å². The molecule has 2 rings (SSSR count). The number of carbonyl (C=O) groups is 1. The van der Waals surface area contributed by atoms with Crippen molar-refractivity contribution >= 4 is 37.0 Å². The van der Waals surface area contributed by atoms with Gasteiger partial charge < -0.3 is 24.6 Å². The molecule has 35 heavy (non-hydrogen) atoms. The van der Waals surface area contributed by atoms with Gasteiger partial charge in [0.25, 0.3) is 0 Å². The lowest BCUT2D eigenvalue weighted by molar-refractivity contribution is 0.0528. The van der Waals surface area contributed by atoms with Gasteiger partial charge in [-0.25, -0.2) is 9.78 Å². The number of imidazole rings is 1. The molecule has 0 fully saturated rings. The lowest BCUT2D eigenvalue weighted by Gasteiger charge is -2.19. The summed E-state index contributed by atoms with van der Waals surface area (Å²) in [5, 5.41) is 21.8. The molecule has 1 atom stereocenters. The average Bonchev–Trinajstić information content (AvgIpc) is 3.09. The monoisotopic (exact) mass is 522 g/mol. The normalized spacial score (nSPS) is 12.9. The van der Waals surface area contributed by atoms with Gasteiger partial charge in [0.15, 0.2) is 11.3 Å². The summed E-state index contributed by atoms with van der Waals surface area (Å²) in [6.07, 6.45) is -0.840. The largest absolute Gasteiger partial charge is 0.490 e. The Hall–Kier alpha value is -2.26. The van der Waals surface area contributed by atoms with Gasteiger partial charge in [-0.1, -0.05) is 31.4 Å². The minimum Gasteiger partial charge on any atom is -0.490 e. The van der Waals surface area contributed by atoms with E-state index in [0.29, 0.717) is 25.6 Å². The highest BCUT2D eigenvalue weighted by molar-refractivity contribution is 7.99. The molecule has 0 spiro atoms. The number of rotatable bonds is 13. The summed E-state index contributed by atoms with van der Waals surface area (Å²) in [5.41, 5.74) is 1.15. The summed E-state index contributed by atoms with van der Waals surface area (Å²) in [7, 11) is -1.19. The van der Waals surface area contributed by atoms with Gasteiger partial charge in [0.2, 0.25) is 0 Å². The Morgan fingerprint density at radius 2 is 2.09 bits per heavy atom. The van der Waals surface area contributed by atoms with Crippen LogP contribution >= 0.6 is 11.8 Å². The van der Waals surface area contributed by atoms with Crippen LogP contribution in [0.2, 0.25) is 25.7 Å². The predicted octanol–water partition coefficient (Wildman–Crippen LogP) is 4.62. The van der Waals surface area contributed by atoms with E-state index in [0.717, 1.165) is 34.4 Å². The lowest BCUT2D eigenvalue weighted by atomic mass is 10.2. The van der Waals surface area contributed by atoms with Crippen LogP contribution in [0.4, 0.5) is 4.79 Å². The van der Waals surface area contributed by atoms with Crippen LogP contribution in [-0.2, 0) is 16.2 Å². The second kappa shape index (κ2) is 13.2. The molecule has 0 radical (unpaired) electrons. The van der Waals surface area contributed by atoms with E-state index >= 15 is 0 Å². The highest BCUT2D eigenvalue weighted by atomic mass is 32.2. The third-order valence-corrected chi connectivity index (χ3v) is 7.45. The number of carbonyl (C=O) groups excluding carboxylic acids is 1. The quantitative estimate of drug-likeness (QED) is 0.169. The van der Waals surface area contributed by atoms with Gasteiger partial charge >= 0.3 is 6.09 Å². The SMILES string of the molecule is CC(C)(C)OC(=O)NCCCSc1nc2cc(OCC(O)C#N)ccc2n1COCC[Si](C)(C)C. The van der Waals surface area contributed by atoms with Crippen molar-refractivity contribution in [2.45, 2.75) is 76.5 Å². The van der Waals surface area contributed by atoms with Crippen LogP contribution in [0.25, 0.3) is 11.0 Å². The number of ether oxygens (including phenoxy) is 3. The molecule has 1 aromatic carbocycles. The lowest BCUT2D eigenvalue weighted by Crippen LogP contribution is -2.33. The van der Waals surface area contributed by atoms with Crippen LogP contribution in [0.5, 0.6) is 5.75 Å². The number of aliphatic hydroxyl groups excluding tert-OH is 1. The van der Waals surface area contributed by atoms with E-state index < -0.39 is 25.9 Å². The Morgan fingerprint density at radius 1 is 1.34 bits per heavy atom. The zero-order chi connectivity index (χ0) is 26.1. The highest BCUT2D eigenvalue weighted by Gasteiger charge is 2.17. The molecule has 0 saturated carbocycles. The molecular formula is C24H38N4O5SSi. The summed E-state index contributed by atoms with van der Waals surface area (Å²) in [6, 6.07) is 8.32. The topological polar surface area (TPSA) is 119 Å². The summed E-state index contributed by atoms with van der Waals surface area (Å²) in [5.74, 6) is 1.29. The number of benzene rings is 1. The fourth-order valence-corrected chi connectivity index (χ4v) is 4.60. The Kier molecular flexibility index (Phi) is 10.9. The molecule has 194 valence electrons. The molecule has 11 heteroatoms. The third-order valence-electron chi connectivity index (χ3n) is 4.68. The van der Waals surface area contributed by atoms with Crippen LogP contribution in [-0.4, -0.2) is 66.0 Å². The number of aromatic nitrogens is 2. The molecule has 1 amide bonds. The molecule has 1 heterocycles. The first-order chi connectivity index (χ1) is 16.4. The van der Waals surface area contributed by atoms with Crippen LogP contribution < -0.4 is 10.1 Å². The van der Waals surface area contributed by atoms with Gasteiger partial charge in [0.05, 0.1) is 17.1 Å². The van der Waals surface area contributed by atoms with Gasteiger partial charge in [-0.05, 0) is 45.4 Å². The first-order valence-electron chi connectivity index (χ1n) is 11.8. The number of nitriles is 1. The summed E-state index contributed by atoms with van der Waals surface area (Å²) >= 11 is 1.59. The van der Waals surface area contributed by atoms with E-state index in [1.165, 1.54) is 0 Å². The molecule has 1 unspecified atom stereocenters. The molecule has 9 nitrogen and oxygen atoms in total. The highest BCUT2D eigenvalue weighted by Crippen LogP contribution is 2.28. The van der Waals surface area contributed by atoms with Gasteiger partial charge in [-0.3, -0.25) is 4.57 Å². The van der Waals surface area contributed by atoms with Gasteiger partial charge in [-0.2, -0.15) is 5.26 Å². The van der Waals surface area contributed by atoms with Crippen molar-refractivity contribution in [3.8, 4) is 11.8 Å². The van der Waals surface area contributed by atoms with Crippen molar-refractivity contribution in [2.75, 3.05) is 25.5 Å². The number of nitrogens with one attached hydrogen (secondary N) is 1. The van der Waals surface area contributed by atoms with Crippen LogP contribution in [0.15, 0.2) is 23.4 Å². The molecule has 2 aromatic rings. The molecule has 1 aromatic heterocycles. The molecule has 0 bridgehead atoms. The standard InChI is InChI=1S/C24H38N4O5SSi/c1-24(2,3)33-23(30)26-10-7-12-34-22-27-20-14-19(32-16-18(29)15-25)8-9-21(20)28(22)17-31-11-13-35(4,5)6/h8-9,14,18,29H,7,10-13,16-17H2,1-6H3,(H,26,30). The van der Waals surface area contributed by atoms with Crippen molar-refractivity contribution < 1.29 is 24.1 Å². The Bertz CT molecular complexity index is 1010. The van der Waals surface area contributed by atoms with Crippen molar-refractivity contribution in [1.29, 1.82) is 5.26 Å². The number of thioether (sulfide) groups is 1. The molecular weight excluding hydrogens is 484 g/mol. The zero-order valence-electron chi connectivity index (χ0n) is 21.6. The van der Waals surface area contributed by atoms with E-state index in [1.54, 1.807) is 30.0 Å². The summed E-state index contributed by atoms with van der Waals surface area (Å²) < 4.78 is 18.8. The van der Waals surface area contributed by atoms with E-state index in [4.69, 9.17) is 24.5 Å². The van der Waals surface area contributed by atoms with E-state index in [9.17, 15) is 9.90 Å². The maximum atomic E-state index is 11.8. The third kappa shape index (κ3) is 10.9. The van der Waals surface area contributed by atoms with Gasteiger partial charge in [-0.15, -0.1) is 0 Å². The maximum Gasteiger partial charge on any atom is 0.407 e. The number of nitrogens with zero attached hydrogens (tertiary/aromatic N) is 3. The Labute approximate surface area is 213 Å².